The molecule has 1 aromatic carbocycles. The number of halogens is 2. The van der Waals surface area contributed by atoms with E-state index in [2.05, 4.69) is 20.6 Å². The minimum Gasteiger partial charge on any atom is -0.357 e. The van der Waals surface area contributed by atoms with Crippen LogP contribution in [0.25, 0.3) is 10.9 Å². The zero-order valence-electron chi connectivity index (χ0n) is 13.8. The van der Waals surface area contributed by atoms with Crippen LogP contribution in [0.5, 0.6) is 0 Å². The lowest BCUT2D eigenvalue weighted by Crippen LogP contribution is -2.47. The van der Waals surface area contributed by atoms with Gasteiger partial charge in [0.15, 0.2) is 0 Å². The van der Waals surface area contributed by atoms with E-state index in [1.165, 1.54) is 25.4 Å². The Balaban J connectivity index is 1.79. The third kappa shape index (κ3) is 4.00. The van der Waals surface area contributed by atoms with Gasteiger partial charge in [0, 0.05) is 18.9 Å². The normalized spacial score (nSPS) is 12.0. The molecule has 0 spiro atoms. The Morgan fingerprint density at radius 1 is 1.27 bits per heavy atom. The quantitative estimate of drug-likeness (QED) is 0.599. The Kier molecular flexibility index (Phi) is 5.18. The fourth-order valence-corrected chi connectivity index (χ4v) is 2.77. The van der Waals surface area contributed by atoms with Crippen LogP contribution < -0.4 is 10.6 Å². The van der Waals surface area contributed by atoms with Crippen molar-refractivity contribution in [3.05, 3.63) is 64.8 Å². The number of likely N-dealkylation sites (N-methyl/N-ethyl adjacent to an activating group) is 1. The van der Waals surface area contributed by atoms with Crippen LogP contribution >= 0.6 is 11.6 Å². The van der Waals surface area contributed by atoms with Crippen molar-refractivity contribution in [1.29, 1.82) is 0 Å². The first kappa shape index (κ1) is 17.9. The minimum atomic E-state index is -0.800. The number of aromatic nitrogens is 2. The lowest BCUT2D eigenvalue weighted by molar-refractivity contribution is -0.122. The molecule has 26 heavy (non-hydrogen) atoms. The van der Waals surface area contributed by atoms with Gasteiger partial charge in [0.05, 0.1) is 11.7 Å². The molecule has 0 saturated carbocycles. The van der Waals surface area contributed by atoms with E-state index in [4.69, 9.17) is 11.6 Å². The maximum Gasteiger partial charge on any atom is 0.268 e. The standard InChI is InChI=1S/C18H16ClFN4O2/c1-21-17(25)13(6-10-2-4-12(20)5-3-10)24-18(26)14-7-11-8-16(19)22-9-15(11)23-14/h2-5,7-9,13,23H,6H2,1H3,(H,21,25)(H,24,26)/t13-/m0/s1. The first-order chi connectivity index (χ1) is 12.5. The van der Waals surface area contributed by atoms with Crippen LogP contribution in [0.15, 0.2) is 42.6 Å². The maximum absolute atomic E-state index is 13.0. The van der Waals surface area contributed by atoms with Crippen molar-refractivity contribution in [3.8, 4) is 0 Å². The van der Waals surface area contributed by atoms with E-state index in [-0.39, 0.29) is 23.8 Å². The van der Waals surface area contributed by atoms with Gasteiger partial charge in [0.2, 0.25) is 5.91 Å². The molecule has 134 valence electrons. The number of pyridine rings is 1. The molecule has 2 amide bonds. The summed E-state index contributed by atoms with van der Waals surface area (Å²) in [6, 6.07) is 8.25. The SMILES string of the molecule is CNC(=O)[C@H](Cc1ccc(F)cc1)NC(=O)c1cc2cc(Cl)ncc2[nH]1. The molecule has 3 rings (SSSR count). The molecule has 0 aliphatic heterocycles. The highest BCUT2D eigenvalue weighted by atomic mass is 35.5. The molecular weight excluding hydrogens is 359 g/mol. The molecule has 2 aromatic heterocycles. The van der Waals surface area contributed by atoms with Gasteiger partial charge in [-0.05, 0) is 29.8 Å². The number of carbonyl (C=O) groups is 2. The lowest BCUT2D eigenvalue weighted by Gasteiger charge is -2.17. The maximum atomic E-state index is 13.0. The number of hydrogen-bond acceptors (Lipinski definition) is 3. The molecule has 1 atom stereocenters. The zero-order chi connectivity index (χ0) is 18.7. The zero-order valence-corrected chi connectivity index (χ0v) is 14.6. The van der Waals surface area contributed by atoms with Gasteiger partial charge in [-0.2, -0.15) is 0 Å². The van der Waals surface area contributed by atoms with Crippen LogP contribution in [0.3, 0.4) is 0 Å². The van der Waals surface area contributed by atoms with Gasteiger partial charge in [-0.15, -0.1) is 0 Å². The Morgan fingerprint density at radius 3 is 2.69 bits per heavy atom. The number of hydrogen-bond donors (Lipinski definition) is 3. The van der Waals surface area contributed by atoms with E-state index >= 15 is 0 Å². The van der Waals surface area contributed by atoms with E-state index in [1.807, 2.05) is 0 Å². The van der Waals surface area contributed by atoms with Crippen molar-refractivity contribution in [2.24, 2.45) is 0 Å². The Bertz CT molecular complexity index is 955. The van der Waals surface area contributed by atoms with Crippen molar-refractivity contribution < 1.29 is 14.0 Å². The number of benzene rings is 1. The fourth-order valence-electron chi connectivity index (χ4n) is 2.60. The third-order valence-electron chi connectivity index (χ3n) is 3.94. The number of carbonyl (C=O) groups excluding carboxylic acids is 2. The number of amides is 2. The summed E-state index contributed by atoms with van der Waals surface area (Å²) >= 11 is 5.85. The monoisotopic (exact) mass is 374 g/mol. The van der Waals surface area contributed by atoms with Crippen molar-refractivity contribution in [2.45, 2.75) is 12.5 Å². The highest BCUT2D eigenvalue weighted by Crippen LogP contribution is 2.18. The van der Waals surface area contributed by atoms with Crippen molar-refractivity contribution >= 4 is 34.3 Å². The third-order valence-corrected chi connectivity index (χ3v) is 4.14. The molecule has 6 nitrogen and oxygen atoms in total. The second kappa shape index (κ2) is 7.53. The van der Waals surface area contributed by atoms with Crippen molar-refractivity contribution in [3.63, 3.8) is 0 Å². The predicted octanol–water partition coefficient (Wildman–Crippen LogP) is 2.44. The molecule has 0 saturated heterocycles. The minimum absolute atomic E-state index is 0.235. The summed E-state index contributed by atoms with van der Waals surface area (Å²) < 4.78 is 13.0. The second-order valence-electron chi connectivity index (χ2n) is 5.75. The summed E-state index contributed by atoms with van der Waals surface area (Å²) in [6.45, 7) is 0. The van der Waals surface area contributed by atoms with E-state index in [0.29, 0.717) is 10.7 Å². The van der Waals surface area contributed by atoms with Gasteiger partial charge >= 0.3 is 0 Å². The van der Waals surface area contributed by atoms with E-state index in [0.717, 1.165) is 10.9 Å². The summed E-state index contributed by atoms with van der Waals surface area (Å²) in [5, 5.41) is 6.28. The van der Waals surface area contributed by atoms with Crippen molar-refractivity contribution in [2.75, 3.05) is 7.05 Å². The molecular formula is C18H16ClFN4O2. The van der Waals surface area contributed by atoms with Gasteiger partial charge in [0.1, 0.15) is 22.7 Å². The molecule has 0 unspecified atom stereocenters. The fraction of sp³-hybridized carbons (Fsp3) is 0.167. The summed E-state index contributed by atoms with van der Waals surface area (Å²) in [4.78, 5) is 31.6. The number of nitrogens with zero attached hydrogens (tertiary/aromatic N) is 1. The molecule has 0 bridgehead atoms. The van der Waals surface area contributed by atoms with Crippen LogP contribution in [0, 0.1) is 5.82 Å². The summed E-state index contributed by atoms with van der Waals surface area (Å²) in [5.41, 5.74) is 1.68. The van der Waals surface area contributed by atoms with Crippen LogP contribution in [-0.2, 0) is 11.2 Å². The molecule has 0 radical (unpaired) electrons. The van der Waals surface area contributed by atoms with E-state index < -0.39 is 11.9 Å². The van der Waals surface area contributed by atoms with Gasteiger partial charge in [-0.1, -0.05) is 23.7 Å². The van der Waals surface area contributed by atoms with Crippen LogP contribution in [-0.4, -0.2) is 34.9 Å². The Morgan fingerprint density at radius 2 is 2.00 bits per heavy atom. The van der Waals surface area contributed by atoms with Crippen molar-refractivity contribution in [1.82, 2.24) is 20.6 Å². The number of rotatable bonds is 5. The second-order valence-corrected chi connectivity index (χ2v) is 6.14. The van der Waals surface area contributed by atoms with Gasteiger partial charge in [0.25, 0.3) is 5.91 Å². The Labute approximate surface area is 153 Å². The van der Waals surface area contributed by atoms with E-state index in [1.54, 1.807) is 24.3 Å². The molecule has 0 fully saturated rings. The topological polar surface area (TPSA) is 86.9 Å². The number of H-pyrrole nitrogens is 1. The largest absolute Gasteiger partial charge is 0.357 e. The summed E-state index contributed by atoms with van der Waals surface area (Å²) in [7, 11) is 1.49. The molecule has 3 N–H and O–H groups in total. The summed E-state index contributed by atoms with van der Waals surface area (Å²) in [6.07, 6.45) is 1.77. The lowest BCUT2D eigenvalue weighted by atomic mass is 10.0. The van der Waals surface area contributed by atoms with Crippen LogP contribution in [0.2, 0.25) is 5.15 Å². The van der Waals surface area contributed by atoms with Gasteiger partial charge < -0.3 is 15.6 Å². The molecule has 3 aromatic rings. The van der Waals surface area contributed by atoms with Gasteiger partial charge in [-0.3, -0.25) is 9.59 Å². The Hall–Kier alpha value is -2.93. The molecule has 0 aliphatic rings. The van der Waals surface area contributed by atoms with Gasteiger partial charge in [-0.25, -0.2) is 9.37 Å². The number of aromatic amines is 1. The highest BCUT2D eigenvalue weighted by Gasteiger charge is 2.22. The summed E-state index contributed by atoms with van der Waals surface area (Å²) in [5.74, 6) is -1.14. The number of nitrogens with one attached hydrogen (secondary N) is 3. The predicted molar refractivity (Wildman–Crippen MR) is 96.5 cm³/mol. The molecule has 0 aliphatic carbocycles. The highest BCUT2D eigenvalue weighted by molar-refractivity contribution is 6.30. The molecule has 2 heterocycles. The van der Waals surface area contributed by atoms with Crippen LogP contribution in [0.4, 0.5) is 4.39 Å². The number of fused-ring (bicyclic) bond motifs is 1. The average Bonchev–Trinajstić information content (AvgIpc) is 3.05. The average molecular weight is 375 g/mol. The smallest absolute Gasteiger partial charge is 0.268 e. The van der Waals surface area contributed by atoms with Crippen LogP contribution in [0.1, 0.15) is 16.1 Å². The van der Waals surface area contributed by atoms with E-state index in [9.17, 15) is 14.0 Å². The molecule has 8 heteroatoms. The first-order valence-corrected chi connectivity index (χ1v) is 8.25. The first-order valence-electron chi connectivity index (χ1n) is 7.87.